The number of thiazole rings is 1. The van der Waals surface area contributed by atoms with E-state index in [1.165, 1.54) is 28.4 Å². The number of ether oxygens (including phenoxy) is 1. The molecule has 0 aliphatic heterocycles. The molecule has 0 fully saturated rings. The maximum absolute atomic E-state index is 13.5. The van der Waals surface area contributed by atoms with Crippen molar-refractivity contribution in [2.45, 2.75) is 25.3 Å². The first-order valence-electron chi connectivity index (χ1n) is 10.3. The van der Waals surface area contributed by atoms with Crippen molar-refractivity contribution >= 4 is 51.2 Å². The van der Waals surface area contributed by atoms with Crippen LogP contribution in [-0.4, -0.2) is 28.3 Å². The van der Waals surface area contributed by atoms with Crippen LogP contribution in [0.1, 0.15) is 12.0 Å². The number of halogens is 5. The van der Waals surface area contributed by atoms with E-state index < -0.39 is 30.5 Å². The van der Waals surface area contributed by atoms with Crippen LogP contribution in [0.4, 0.5) is 38.1 Å². The molecule has 0 atom stereocenters. The van der Waals surface area contributed by atoms with E-state index in [-0.39, 0.29) is 12.2 Å². The van der Waals surface area contributed by atoms with E-state index in [2.05, 4.69) is 20.0 Å². The number of aromatic amines is 1. The lowest BCUT2D eigenvalue weighted by atomic mass is 10.2. The summed E-state index contributed by atoms with van der Waals surface area (Å²) in [5, 5.41) is 2.67. The van der Waals surface area contributed by atoms with Gasteiger partial charge in [-0.2, -0.15) is 22.0 Å². The molecule has 0 saturated heterocycles. The Morgan fingerprint density at radius 2 is 1.75 bits per heavy atom. The molecule has 0 aliphatic carbocycles. The highest BCUT2D eigenvalue weighted by Gasteiger charge is 2.45. The Labute approximate surface area is 210 Å². The molecule has 188 valence electrons. The summed E-state index contributed by atoms with van der Waals surface area (Å²) in [6, 6.07) is 13.0. The number of nitrogens with one attached hydrogen (secondary N) is 2. The third kappa shape index (κ3) is 6.76. The minimum Gasteiger partial charge on any atom is -0.432 e. The lowest BCUT2D eigenvalue weighted by Gasteiger charge is -2.24. The van der Waals surface area contributed by atoms with Crippen molar-refractivity contribution in [2.24, 2.45) is 0 Å². The van der Waals surface area contributed by atoms with E-state index >= 15 is 0 Å². The number of anilines is 2. The Balaban J connectivity index is 1.53. The van der Waals surface area contributed by atoms with Crippen LogP contribution in [0.2, 0.25) is 0 Å². The highest BCUT2D eigenvalue weighted by molar-refractivity contribution is 7.73. The minimum atomic E-state index is -5.09. The summed E-state index contributed by atoms with van der Waals surface area (Å²) < 4.78 is 69.5. The number of rotatable bonds is 7. The van der Waals surface area contributed by atoms with Crippen LogP contribution in [-0.2, 0) is 6.54 Å². The number of hydrogen-bond donors (Lipinski definition) is 2. The number of carbonyl (C=O) groups is 1. The van der Waals surface area contributed by atoms with Gasteiger partial charge in [-0.15, -0.1) is 11.3 Å². The van der Waals surface area contributed by atoms with E-state index in [1.807, 2.05) is 6.07 Å². The molecule has 2 aromatic carbocycles. The number of pyridine rings is 1. The van der Waals surface area contributed by atoms with E-state index in [1.54, 1.807) is 36.7 Å². The molecule has 0 saturated carbocycles. The Morgan fingerprint density at radius 3 is 2.42 bits per heavy atom. The fourth-order valence-electron chi connectivity index (χ4n) is 3.29. The predicted molar refractivity (Wildman–Crippen MR) is 129 cm³/mol. The van der Waals surface area contributed by atoms with Gasteiger partial charge in [-0.05, 0) is 72.4 Å². The Kier molecular flexibility index (Phi) is 7.22. The van der Waals surface area contributed by atoms with Crippen molar-refractivity contribution < 1.29 is 31.5 Å². The average Bonchev–Trinajstić information content (AvgIpc) is 3.16. The molecular weight excluding hydrogens is 523 g/mol. The summed E-state index contributed by atoms with van der Waals surface area (Å²) in [6.45, 7) is 0.195. The largest absolute Gasteiger partial charge is 0.432 e. The molecule has 2 amide bonds. The number of nitrogens with zero attached hydrogens (tertiary/aromatic N) is 2. The van der Waals surface area contributed by atoms with Gasteiger partial charge in [-0.25, -0.2) is 4.79 Å². The lowest BCUT2D eigenvalue weighted by Crippen LogP contribution is -2.34. The number of H-pyrrole nitrogens is 1. The van der Waals surface area contributed by atoms with Crippen molar-refractivity contribution in [3.05, 3.63) is 76.5 Å². The first-order valence-corrected chi connectivity index (χ1v) is 11.5. The summed E-state index contributed by atoms with van der Waals surface area (Å²) >= 11 is 6.55. The SMILES string of the molecule is O=C(Nc1ccc(OC(F)(F)CC(F)(F)F)cc1)N(Cc1ccncc1)c1ccc2[nH]c(=S)sc2c1. The second-order valence-electron chi connectivity index (χ2n) is 7.62. The summed E-state index contributed by atoms with van der Waals surface area (Å²) in [5.74, 6) is -0.477. The highest BCUT2D eigenvalue weighted by atomic mass is 32.1. The van der Waals surface area contributed by atoms with Crippen LogP contribution in [0.25, 0.3) is 10.2 Å². The fraction of sp³-hybridized carbons (Fsp3) is 0.174. The van der Waals surface area contributed by atoms with Gasteiger partial charge >= 0.3 is 18.3 Å². The number of alkyl halides is 5. The van der Waals surface area contributed by atoms with Crippen LogP contribution in [0, 0.1) is 3.95 Å². The number of urea groups is 1. The van der Waals surface area contributed by atoms with Crippen LogP contribution >= 0.6 is 23.6 Å². The standard InChI is InChI=1S/C23H17F5N4O2S2/c24-22(25,26)13-23(27,28)34-17-4-1-15(2-5-17)30-20(33)32(12-14-7-9-29-10-8-14)16-3-6-18-19(11-16)36-21(35)31-18/h1-11H,12-13H2,(H,30,33)(H,31,35). The molecule has 2 N–H and O–H groups in total. The van der Waals surface area contributed by atoms with Gasteiger partial charge < -0.3 is 15.0 Å². The maximum atomic E-state index is 13.5. The van der Waals surface area contributed by atoms with Crippen LogP contribution < -0.4 is 15.0 Å². The zero-order chi connectivity index (χ0) is 25.9. The summed E-state index contributed by atoms with van der Waals surface area (Å²) in [4.78, 5) is 21.7. The molecule has 4 aromatic rings. The van der Waals surface area contributed by atoms with Crippen LogP contribution in [0.15, 0.2) is 67.0 Å². The Morgan fingerprint density at radius 1 is 1.06 bits per heavy atom. The molecule has 2 heterocycles. The maximum Gasteiger partial charge on any atom is 0.406 e. The van der Waals surface area contributed by atoms with E-state index in [0.29, 0.717) is 9.64 Å². The molecule has 0 bridgehead atoms. The molecule has 0 spiro atoms. The third-order valence-corrected chi connectivity index (χ3v) is 6.03. The molecule has 36 heavy (non-hydrogen) atoms. The third-order valence-electron chi connectivity index (χ3n) is 4.83. The van der Waals surface area contributed by atoms with Crippen molar-refractivity contribution in [3.63, 3.8) is 0 Å². The Hall–Kier alpha value is -3.58. The zero-order valence-electron chi connectivity index (χ0n) is 18.2. The van der Waals surface area contributed by atoms with Gasteiger partial charge in [0.25, 0.3) is 0 Å². The molecule has 2 aromatic heterocycles. The fourth-order valence-corrected chi connectivity index (χ4v) is 4.44. The van der Waals surface area contributed by atoms with E-state index in [4.69, 9.17) is 12.2 Å². The highest BCUT2D eigenvalue weighted by Crippen LogP contribution is 2.34. The second-order valence-corrected chi connectivity index (χ2v) is 9.34. The van der Waals surface area contributed by atoms with E-state index in [0.717, 1.165) is 27.9 Å². The number of benzene rings is 2. The smallest absolute Gasteiger partial charge is 0.406 e. The number of fused-ring (bicyclic) bond motifs is 1. The summed E-state index contributed by atoms with van der Waals surface area (Å²) in [6.07, 6.45) is -8.74. The lowest BCUT2D eigenvalue weighted by molar-refractivity contribution is -0.255. The molecule has 4 rings (SSSR count). The Bertz CT molecular complexity index is 1410. The predicted octanol–water partition coefficient (Wildman–Crippen LogP) is 7.52. The van der Waals surface area contributed by atoms with Gasteiger partial charge in [0.15, 0.2) is 3.95 Å². The topological polar surface area (TPSA) is 70.2 Å². The second kappa shape index (κ2) is 10.2. The molecule has 0 aliphatic rings. The monoisotopic (exact) mass is 540 g/mol. The molecule has 0 radical (unpaired) electrons. The van der Waals surface area contributed by atoms with Crippen molar-refractivity contribution in [1.82, 2.24) is 9.97 Å². The number of amides is 2. The molecule has 0 unspecified atom stereocenters. The number of hydrogen-bond acceptors (Lipinski definition) is 5. The van der Waals surface area contributed by atoms with E-state index in [9.17, 15) is 26.7 Å². The summed E-state index contributed by atoms with van der Waals surface area (Å²) in [5.41, 5.74) is 2.44. The molecule has 13 heteroatoms. The zero-order valence-corrected chi connectivity index (χ0v) is 19.8. The quantitative estimate of drug-likeness (QED) is 0.188. The van der Waals surface area contributed by atoms with Crippen LogP contribution in [0.5, 0.6) is 5.75 Å². The average molecular weight is 541 g/mol. The molecular formula is C23H17F5N4O2S2. The van der Waals surface area contributed by atoms with Crippen molar-refractivity contribution in [1.29, 1.82) is 0 Å². The van der Waals surface area contributed by atoms with Crippen LogP contribution in [0.3, 0.4) is 0 Å². The normalized spacial score (nSPS) is 11.9. The number of aromatic nitrogens is 2. The molecule has 6 nitrogen and oxygen atoms in total. The van der Waals surface area contributed by atoms with Gasteiger partial charge in [0.05, 0.1) is 16.8 Å². The first kappa shape index (κ1) is 25.5. The first-order chi connectivity index (χ1) is 17.0. The minimum absolute atomic E-state index is 0.195. The van der Waals surface area contributed by atoms with Gasteiger partial charge in [0.1, 0.15) is 12.2 Å². The number of carbonyl (C=O) groups excluding carboxylic acids is 1. The summed E-state index contributed by atoms with van der Waals surface area (Å²) in [7, 11) is 0. The van der Waals surface area contributed by atoms with Gasteiger partial charge in [-0.3, -0.25) is 9.88 Å². The van der Waals surface area contributed by atoms with Gasteiger partial charge in [-0.1, -0.05) is 0 Å². The van der Waals surface area contributed by atoms with Gasteiger partial charge in [0, 0.05) is 23.8 Å². The van der Waals surface area contributed by atoms with Gasteiger partial charge in [0.2, 0.25) is 0 Å². The van der Waals surface area contributed by atoms with Crippen molar-refractivity contribution in [2.75, 3.05) is 10.2 Å². The van der Waals surface area contributed by atoms with Crippen molar-refractivity contribution in [3.8, 4) is 5.75 Å².